The van der Waals surface area contributed by atoms with E-state index in [0.29, 0.717) is 19.6 Å². The van der Waals surface area contributed by atoms with Crippen LogP contribution in [0.3, 0.4) is 0 Å². The highest BCUT2D eigenvalue weighted by atomic mass is 127. The molecule has 0 amide bonds. The SMILES string of the molecule is CCCCCN=C(NCC)NCCN1CCCS1(=O)=O.I. The first-order valence-corrected chi connectivity index (χ1v) is 9.21. The standard InChI is InChI=1S/C13H28N4O2S.HI/c1-3-5-6-8-15-13(14-4-2)16-9-11-17-10-7-12-20(17,18)19;/h3-12H2,1-2H3,(H2,14,15,16);1H. The van der Waals surface area contributed by atoms with Gasteiger partial charge in [-0.2, -0.15) is 0 Å². The van der Waals surface area contributed by atoms with E-state index in [1.807, 2.05) is 6.92 Å². The number of unbranched alkanes of at least 4 members (excludes halogenated alkanes) is 2. The Morgan fingerprint density at radius 1 is 1.24 bits per heavy atom. The average Bonchev–Trinajstić information content (AvgIpc) is 2.74. The number of aliphatic imine (C=N–C) groups is 1. The van der Waals surface area contributed by atoms with Crippen molar-refractivity contribution in [1.29, 1.82) is 0 Å². The fourth-order valence-corrected chi connectivity index (χ4v) is 3.66. The van der Waals surface area contributed by atoms with Crippen LogP contribution >= 0.6 is 24.0 Å². The Morgan fingerprint density at radius 2 is 2.00 bits per heavy atom. The van der Waals surface area contributed by atoms with E-state index in [9.17, 15) is 8.42 Å². The van der Waals surface area contributed by atoms with Crippen molar-refractivity contribution in [3.05, 3.63) is 0 Å². The predicted octanol–water partition coefficient (Wildman–Crippen LogP) is 1.39. The Hall–Kier alpha value is -0.0900. The molecule has 0 unspecified atom stereocenters. The molecule has 1 heterocycles. The van der Waals surface area contributed by atoms with Gasteiger partial charge in [0, 0.05) is 32.7 Å². The highest BCUT2D eigenvalue weighted by Crippen LogP contribution is 2.11. The van der Waals surface area contributed by atoms with E-state index in [1.165, 1.54) is 12.8 Å². The van der Waals surface area contributed by atoms with E-state index in [1.54, 1.807) is 4.31 Å². The van der Waals surface area contributed by atoms with Gasteiger partial charge in [-0.3, -0.25) is 4.99 Å². The van der Waals surface area contributed by atoms with E-state index >= 15 is 0 Å². The minimum absolute atomic E-state index is 0. The van der Waals surface area contributed by atoms with Crippen molar-refractivity contribution in [3.63, 3.8) is 0 Å². The van der Waals surface area contributed by atoms with Crippen LogP contribution in [0, 0.1) is 0 Å². The Kier molecular flexibility index (Phi) is 11.4. The van der Waals surface area contributed by atoms with Crippen LogP contribution in [0.15, 0.2) is 4.99 Å². The van der Waals surface area contributed by atoms with Crippen LogP contribution in [-0.4, -0.2) is 57.2 Å². The molecule has 1 aliphatic heterocycles. The largest absolute Gasteiger partial charge is 0.357 e. The molecule has 0 aliphatic carbocycles. The molecule has 1 aliphatic rings. The lowest BCUT2D eigenvalue weighted by Crippen LogP contribution is -2.42. The third-order valence-electron chi connectivity index (χ3n) is 3.23. The molecule has 6 nitrogen and oxygen atoms in total. The molecule has 1 saturated heterocycles. The van der Waals surface area contributed by atoms with Gasteiger partial charge in [0.1, 0.15) is 0 Å². The smallest absolute Gasteiger partial charge is 0.214 e. The van der Waals surface area contributed by atoms with E-state index in [-0.39, 0.29) is 29.7 Å². The lowest BCUT2D eigenvalue weighted by Gasteiger charge is -2.16. The lowest BCUT2D eigenvalue weighted by atomic mass is 10.2. The second kappa shape index (κ2) is 11.5. The van der Waals surface area contributed by atoms with Gasteiger partial charge in [0.05, 0.1) is 5.75 Å². The Bertz CT molecular complexity index is 401. The first-order valence-electron chi connectivity index (χ1n) is 7.60. The van der Waals surface area contributed by atoms with Crippen LogP contribution in [0.1, 0.15) is 39.5 Å². The quantitative estimate of drug-likeness (QED) is 0.263. The molecule has 8 heteroatoms. The normalized spacial score (nSPS) is 18.3. The Labute approximate surface area is 146 Å². The first-order chi connectivity index (χ1) is 9.60. The molecule has 0 atom stereocenters. The number of sulfonamides is 1. The number of nitrogens with one attached hydrogen (secondary N) is 2. The van der Waals surface area contributed by atoms with Gasteiger partial charge in [-0.25, -0.2) is 12.7 Å². The molecule has 0 aromatic rings. The fraction of sp³-hybridized carbons (Fsp3) is 0.923. The first kappa shape index (κ1) is 20.9. The van der Waals surface area contributed by atoms with Gasteiger partial charge in [0.25, 0.3) is 0 Å². The molecule has 0 spiro atoms. The van der Waals surface area contributed by atoms with Gasteiger partial charge in [0.15, 0.2) is 5.96 Å². The van der Waals surface area contributed by atoms with Crippen LogP contribution in [0.5, 0.6) is 0 Å². The highest BCUT2D eigenvalue weighted by molar-refractivity contribution is 14.0. The summed E-state index contributed by atoms with van der Waals surface area (Å²) in [6.45, 7) is 7.57. The second-order valence-corrected chi connectivity index (χ2v) is 7.05. The van der Waals surface area contributed by atoms with Gasteiger partial charge in [-0.1, -0.05) is 19.8 Å². The van der Waals surface area contributed by atoms with Crippen LogP contribution in [0.2, 0.25) is 0 Å². The van der Waals surface area contributed by atoms with Gasteiger partial charge in [-0.05, 0) is 19.8 Å². The van der Waals surface area contributed by atoms with Crippen LogP contribution in [0.25, 0.3) is 0 Å². The summed E-state index contributed by atoms with van der Waals surface area (Å²) < 4.78 is 24.9. The fourth-order valence-electron chi connectivity index (χ4n) is 2.14. The van der Waals surface area contributed by atoms with Crippen molar-refractivity contribution in [3.8, 4) is 0 Å². The summed E-state index contributed by atoms with van der Waals surface area (Å²) in [4.78, 5) is 4.48. The van der Waals surface area contributed by atoms with Crippen molar-refractivity contribution >= 4 is 40.0 Å². The second-order valence-electron chi connectivity index (χ2n) is 4.96. The number of hydrogen-bond acceptors (Lipinski definition) is 3. The van der Waals surface area contributed by atoms with Crippen molar-refractivity contribution < 1.29 is 8.42 Å². The van der Waals surface area contributed by atoms with Gasteiger partial charge in [-0.15, -0.1) is 24.0 Å². The zero-order valence-corrected chi connectivity index (χ0v) is 16.2. The van der Waals surface area contributed by atoms with E-state index in [4.69, 9.17) is 0 Å². The Balaban J connectivity index is 0.00000400. The third kappa shape index (κ3) is 8.20. The summed E-state index contributed by atoms with van der Waals surface area (Å²) in [5, 5.41) is 6.37. The minimum Gasteiger partial charge on any atom is -0.357 e. The van der Waals surface area contributed by atoms with Gasteiger partial charge in [0.2, 0.25) is 10.0 Å². The molecule has 0 aromatic heterocycles. The maximum Gasteiger partial charge on any atom is 0.214 e. The van der Waals surface area contributed by atoms with Gasteiger partial charge >= 0.3 is 0 Å². The van der Waals surface area contributed by atoms with E-state index < -0.39 is 10.0 Å². The number of guanidine groups is 1. The zero-order chi connectivity index (χ0) is 14.8. The molecule has 0 bridgehead atoms. The molecule has 21 heavy (non-hydrogen) atoms. The summed E-state index contributed by atoms with van der Waals surface area (Å²) >= 11 is 0. The minimum atomic E-state index is -2.99. The monoisotopic (exact) mass is 432 g/mol. The van der Waals surface area contributed by atoms with Crippen molar-refractivity contribution in [1.82, 2.24) is 14.9 Å². The summed E-state index contributed by atoms with van der Waals surface area (Å²) in [6, 6.07) is 0. The number of rotatable bonds is 8. The lowest BCUT2D eigenvalue weighted by molar-refractivity contribution is 0.445. The molecule has 0 radical (unpaired) electrons. The van der Waals surface area contributed by atoms with Crippen LogP contribution in [-0.2, 0) is 10.0 Å². The van der Waals surface area contributed by atoms with E-state index in [0.717, 1.165) is 31.9 Å². The number of nitrogens with zero attached hydrogens (tertiary/aromatic N) is 2. The topological polar surface area (TPSA) is 73.8 Å². The summed E-state index contributed by atoms with van der Waals surface area (Å²) in [7, 11) is -2.99. The van der Waals surface area contributed by atoms with E-state index in [2.05, 4.69) is 22.5 Å². The highest BCUT2D eigenvalue weighted by Gasteiger charge is 2.27. The van der Waals surface area contributed by atoms with Crippen molar-refractivity contribution in [2.75, 3.05) is 38.5 Å². The molecule has 1 rings (SSSR count). The number of hydrogen-bond donors (Lipinski definition) is 2. The maximum atomic E-state index is 11.7. The molecule has 0 saturated carbocycles. The molecule has 0 aromatic carbocycles. The van der Waals surface area contributed by atoms with Crippen molar-refractivity contribution in [2.24, 2.45) is 4.99 Å². The molecular weight excluding hydrogens is 403 g/mol. The molecule has 126 valence electrons. The Morgan fingerprint density at radius 3 is 2.57 bits per heavy atom. The van der Waals surface area contributed by atoms with Gasteiger partial charge < -0.3 is 10.6 Å². The molecular formula is C13H29IN4O2S. The van der Waals surface area contributed by atoms with Crippen molar-refractivity contribution in [2.45, 2.75) is 39.5 Å². The number of halogens is 1. The average molecular weight is 432 g/mol. The zero-order valence-electron chi connectivity index (χ0n) is 13.1. The maximum absolute atomic E-state index is 11.7. The molecule has 2 N–H and O–H groups in total. The molecule has 1 fully saturated rings. The van der Waals surface area contributed by atoms with Crippen LogP contribution in [0.4, 0.5) is 0 Å². The predicted molar refractivity (Wildman–Crippen MR) is 98.9 cm³/mol. The summed E-state index contributed by atoms with van der Waals surface area (Å²) in [5.74, 6) is 1.07. The third-order valence-corrected chi connectivity index (χ3v) is 5.19. The summed E-state index contributed by atoms with van der Waals surface area (Å²) in [6.07, 6.45) is 4.21. The van der Waals surface area contributed by atoms with Crippen LogP contribution < -0.4 is 10.6 Å². The summed E-state index contributed by atoms with van der Waals surface area (Å²) in [5.41, 5.74) is 0.